The van der Waals surface area contributed by atoms with Crippen molar-refractivity contribution in [1.29, 1.82) is 0 Å². The van der Waals surface area contributed by atoms with Gasteiger partial charge in [0.15, 0.2) is 0 Å². The van der Waals surface area contributed by atoms with E-state index in [4.69, 9.17) is 9.73 Å². The molecule has 1 saturated carbocycles. The molecule has 1 aliphatic heterocycles. The van der Waals surface area contributed by atoms with Crippen LogP contribution in [0, 0.1) is 0 Å². The number of rotatable bonds is 2. The summed E-state index contributed by atoms with van der Waals surface area (Å²) in [6, 6.07) is 9.19. The fraction of sp³-hybridized carbons (Fsp3) is 0.611. The highest BCUT2D eigenvalue weighted by atomic mass is 79.9. The molecule has 0 spiro atoms. The Morgan fingerprint density at radius 1 is 1.19 bits per heavy atom. The largest absolute Gasteiger partial charge is 0.497 e. The second kappa shape index (κ2) is 6.95. The molecule has 0 bridgehead atoms. The number of benzene rings is 1. The van der Waals surface area contributed by atoms with Crippen LogP contribution in [0.3, 0.4) is 0 Å². The molecule has 21 heavy (non-hydrogen) atoms. The van der Waals surface area contributed by atoms with E-state index in [1.807, 2.05) is 6.07 Å². The van der Waals surface area contributed by atoms with Crippen molar-refractivity contribution in [1.82, 2.24) is 0 Å². The third kappa shape index (κ3) is 3.18. The van der Waals surface area contributed by atoms with E-state index in [9.17, 15) is 0 Å². The second-order valence-corrected chi connectivity index (χ2v) is 6.37. The zero-order valence-corrected chi connectivity index (χ0v) is 14.8. The molecule has 0 saturated heterocycles. The standard InChI is InChI=1S/C18H25NO.BrH/c1-14-7-6-12-18(11-4-3-10-17(18)19-14)15-8-5-9-16(13-15)20-2;/h5,8-9,13,17H,3-4,6-7,10-12H2,1-2H3;1H/t17-,18+;/m1./s1. The van der Waals surface area contributed by atoms with Crippen LogP contribution in [0.4, 0.5) is 0 Å². The van der Waals surface area contributed by atoms with Crippen LogP contribution in [0.2, 0.25) is 0 Å². The second-order valence-electron chi connectivity index (χ2n) is 6.37. The number of hydrogen-bond acceptors (Lipinski definition) is 2. The van der Waals surface area contributed by atoms with E-state index < -0.39 is 0 Å². The molecule has 3 rings (SSSR count). The van der Waals surface area contributed by atoms with Gasteiger partial charge in [0.1, 0.15) is 5.75 Å². The Balaban J connectivity index is 0.00000161. The smallest absolute Gasteiger partial charge is 0.119 e. The quantitative estimate of drug-likeness (QED) is 0.726. The molecule has 1 fully saturated rings. The summed E-state index contributed by atoms with van der Waals surface area (Å²) < 4.78 is 5.44. The van der Waals surface area contributed by atoms with E-state index in [1.54, 1.807) is 7.11 Å². The number of aliphatic imine (C=N–C) groups is 1. The van der Waals surface area contributed by atoms with Gasteiger partial charge >= 0.3 is 0 Å². The fourth-order valence-electron chi connectivity index (χ4n) is 4.10. The highest BCUT2D eigenvalue weighted by Crippen LogP contribution is 2.47. The minimum Gasteiger partial charge on any atom is -0.497 e. The number of hydrogen-bond donors (Lipinski definition) is 0. The van der Waals surface area contributed by atoms with Gasteiger partial charge in [0.05, 0.1) is 13.2 Å². The monoisotopic (exact) mass is 351 g/mol. The molecule has 1 aromatic carbocycles. The van der Waals surface area contributed by atoms with Crippen LogP contribution in [-0.4, -0.2) is 18.9 Å². The molecule has 2 aliphatic rings. The molecular weight excluding hydrogens is 326 g/mol. The lowest BCUT2D eigenvalue weighted by Crippen LogP contribution is -2.40. The summed E-state index contributed by atoms with van der Waals surface area (Å²) in [5, 5.41) is 0. The zero-order chi connectivity index (χ0) is 14.0. The first-order chi connectivity index (χ1) is 9.74. The summed E-state index contributed by atoms with van der Waals surface area (Å²) in [6.07, 6.45) is 8.89. The van der Waals surface area contributed by atoms with E-state index >= 15 is 0 Å². The fourth-order valence-corrected chi connectivity index (χ4v) is 4.10. The van der Waals surface area contributed by atoms with Crippen LogP contribution in [0.15, 0.2) is 29.3 Å². The zero-order valence-electron chi connectivity index (χ0n) is 13.1. The van der Waals surface area contributed by atoms with Gasteiger partial charge in [-0.15, -0.1) is 17.0 Å². The molecule has 2 nitrogen and oxygen atoms in total. The molecule has 1 heterocycles. The summed E-state index contributed by atoms with van der Waals surface area (Å²) in [4.78, 5) is 5.08. The maximum absolute atomic E-state index is 5.44. The van der Waals surface area contributed by atoms with Crippen LogP contribution in [-0.2, 0) is 5.41 Å². The third-order valence-corrected chi connectivity index (χ3v) is 5.17. The molecule has 116 valence electrons. The van der Waals surface area contributed by atoms with Gasteiger partial charge in [0.2, 0.25) is 0 Å². The summed E-state index contributed by atoms with van der Waals surface area (Å²) in [6.45, 7) is 2.20. The third-order valence-electron chi connectivity index (χ3n) is 5.17. The van der Waals surface area contributed by atoms with Gasteiger partial charge in [0.25, 0.3) is 0 Å². The molecule has 3 heteroatoms. The van der Waals surface area contributed by atoms with Gasteiger partial charge in [-0.3, -0.25) is 4.99 Å². The topological polar surface area (TPSA) is 21.6 Å². The van der Waals surface area contributed by atoms with Gasteiger partial charge in [-0.2, -0.15) is 0 Å². The van der Waals surface area contributed by atoms with Crippen LogP contribution < -0.4 is 4.74 Å². The van der Waals surface area contributed by atoms with Crippen molar-refractivity contribution in [3.63, 3.8) is 0 Å². The van der Waals surface area contributed by atoms with Crippen molar-refractivity contribution in [2.24, 2.45) is 4.99 Å². The maximum atomic E-state index is 5.44. The molecule has 0 radical (unpaired) electrons. The Morgan fingerprint density at radius 2 is 2.00 bits per heavy atom. The van der Waals surface area contributed by atoms with Crippen molar-refractivity contribution in [3.8, 4) is 5.75 Å². The number of nitrogens with zero attached hydrogens (tertiary/aromatic N) is 1. The van der Waals surface area contributed by atoms with Gasteiger partial charge in [0, 0.05) is 11.1 Å². The number of methoxy groups -OCH3 is 1. The van der Waals surface area contributed by atoms with Crippen molar-refractivity contribution < 1.29 is 4.74 Å². The summed E-state index contributed by atoms with van der Waals surface area (Å²) >= 11 is 0. The predicted molar refractivity (Wildman–Crippen MR) is 94.2 cm³/mol. The van der Waals surface area contributed by atoms with Crippen LogP contribution in [0.5, 0.6) is 5.75 Å². The lowest BCUT2D eigenvalue weighted by Gasteiger charge is -2.42. The summed E-state index contributed by atoms with van der Waals surface area (Å²) in [5.41, 5.74) is 3.05. The van der Waals surface area contributed by atoms with E-state index in [-0.39, 0.29) is 22.4 Å². The summed E-state index contributed by atoms with van der Waals surface area (Å²) in [5.74, 6) is 0.978. The first-order valence-electron chi connectivity index (χ1n) is 7.92. The minimum atomic E-state index is 0. The van der Waals surface area contributed by atoms with Crippen LogP contribution in [0.25, 0.3) is 0 Å². The average molecular weight is 352 g/mol. The number of fused-ring (bicyclic) bond motifs is 1. The van der Waals surface area contributed by atoms with Gasteiger partial charge in [-0.1, -0.05) is 25.0 Å². The Hall–Kier alpha value is -0.830. The molecule has 2 atom stereocenters. The molecule has 0 unspecified atom stereocenters. The first kappa shape index (κ1) is 16.5. The Kier molecular flexibility index (Phi) is 5.48. The highest BCUT2D eigenvalue weighted by molar-refractivity contribution is 8.93. The molecule has 1 aromatic rings. The average Bonchev–Trinajstić information content (AvgIpc) is 2.66. The Bertz CT molecular complexity index is 514. The normalized spacial score (nSPS) is 28.7. The lowest BCUT2D eigenvalue weighted by molar-refractivity contribution is 0.235. The van der Waals surface area contributed by atoms with Crippen LogP contribution in [0.1, 0.15) is 57.4 Å². The highest BCUT2D eigenvalue weighted by Gasteiger charge is 2.42. The molecule has 0 N–H and O–H groups in total. The van der Waals surface area contributed by atoms with E-state index in [2.05, 4.69) is 25.1 Å². The number of ether oxygens (including phenoxy) is 1. The van der Waals surface area contributed by atoms with E-state index in [0.29, 0.717) is 6.04 Å². The predicted octanol–water partition coefficient (Wildman–Crippen LogP) is 5.10. The molecule has 0 aromatic heterocycles. The van der Waals surface area contributed by atoms with Crippen molar-refractivity contribution in [2.45, 2.75) is 63.3 Å². The van der Waals surface area contributed by atoms with Crippen molar-refractivity contribution in [2.75, 3.05) is 7.11 Å². The van der Waals surface area contributed by atoms with Crippen molar-refractivity contribution >= 4 is 22.7 Å². The van der Waals surface area contributed by atoms with Crippen molar-refractivity contribution in [3.05, 3.63) is 29.8 Å². The van der Waals surface area contributed by atoms with Gasteiger partial charge < -0.3 is 4.74 Å². The SMILES string of the molecule is Br.COc1cccc([C@@]23CCCC[C@H]2N=C(C)CCC3)c1. The maximum Gasteiger partial charge on any atom is 0.119 e. The van der Waals surface area contributed by atoms with Crippen LogP contribution >= 0.6 is 17.0 Å². The molecular formula is C18H26BrNO. The van der Waals surface area contributed by atoms with E-state index in [0.717, 1.165) is 5.75 Å². The van der Waals surface area contributed by atoms with Gasteiger partial charge in [-0.25, -0.2) is 0 Å². The van der Waals surface area contributed by atoms with E-state index in [1.165, 1.54) is 56.2 Å². The lowest BCUT2D eigenvalue weighted by atomic mass is 9.64. The summed E-state index contributed by atoms with van der Waals surface area (Å²) in [7, 11) is 1.75. The minimum absolute atomic E-state index is 0. The Labute approximate surface area is 138 Å². The molecule has 1 aliphatic carbocycles. The Morgan fingerprint density at radius 3 is 2.81 bits per heavy atom. The number of halogens is 1. The first-order valence-corrected chi connectivity index (χ1v) is 7.92. The van der Waals surface area contributed by atoms with Gasteiger partial charge in [-0.05, 0) is 56.7 Å². The molecule has 0 amide bonds.